The molecule has 2 aromatic carbocycles. The number of H-pyrrole nitrogens is 1. The van der Waals surface area contributed by atoms with Gasteiger partial charge in [0, 0.05) is 11.8 Å². The Kier molecular flexibility index (Phi) is 3.31. The maximum atomic E-state index is 11.8. The first-order chi connectivity index (χ1) is 10.2. The molecular weight excluding hydrogens is 266 g/mol. The van der Waals surface area contributed by atoms with Gasteiger partial charge in [-0.25, -0.2) is 5.10 Å². The molecule has 0 fully saturated rings. The number of nitrogens with two attached hydrogens (primary N) is 1. The van der Waals surface area contributed by atoms with E-state index in [4.69, 9.17) is 10.5 Å². The number of hydrogen-bond acceptors (Lipinski definition) is 4. The first-order valence-corrected chi connectivity index (χ1v) is 6.57. The smallest absolute Gasteiger partial charge is 0.272 e. The monoisotopic (exact) mass is 281 g/mol. The molecule has 0 aliphatic heterocycles. The highest BCUT2D eigenvalue weighted by molar-refractivity contribution is 5.83. The van der Waals surface area contributed by atoms with Crippen molar-refractivity contribution in [2.45, 2.75) is 6.42 Å². The zero-order chi connectivity index (χ0) is 14.8. The maximum absolute atomic E-state index is 11.8. The van der Waals surface area contributed by atoms with Gasteiger partial charge >= 0.3 is 0 Å². The molecule has 0 aliphatic carbocycles. The van der Waals surface area contributed by atoms with E-state index in [2.05, 4.69) is 10.2 Å². The van der Waals surface area contributed by atoms with Crippen LogP contribution in [-0.2, 0) is 6.42 Å². The molecule has 3 N–H and O–H groups in total. The van der Waals surface area contributed by atoms with Gasteiger partial charge < -0.3 is 10.5 Å². The lowest BCUT2D eigenvalue weighted by molar-refractivity contribution is 0.417. The average molecular weight is 281 g/mol. The third kappa shape index (κ3) is 2.45. The van der Waals surface area contributed by atoms with Crippen molar-refractivity contribution in [1.82, 2.24) is 10.2 Å². The van der Waals surface area contributed by atoms with Crippen LogP contribution in [0.15, 0.2) is 47.3 Å². The molecule has 3 rings (SSSR count). The van der Waals surface area contributed by atoms with E-state index >= 15 is 0 Å². The SMILES string of the molecule is COc1ccc(Cc2n[nH]c(=O)c3ccccc23)cc1N. The van der Waals surface area contributed by atoms with Crippen LogP contribution in [0, 0.1) is 0 Å². The van der Waals surface area contributed by atoms with Gasteiger partial charge in [-0.3, -0.25) is 4.79 Å². The van der Waals surface area contributed by atoms with E-state index in [1.165, 1.54) is 0 Å². The molecule has 5 heteroatoms. The van der Waals surface area contributed by atoms with Gasteiger partial charge in [-0.15, -0.1) is 0 Å². The molecule has 0 aliphatic rings. The molecule has 1 heterocycles. The van der Waals surface area contributed by atoms with Gasteiger partial charge in [0.2, 0.25) is 0 Å². The molecule has 0 bridgehead atoms. The predicted octanol–water partition coefficient (Wildman–Crippen LogP) is 2.10. The van der Waals surface area contributed by atoms with Gasteiger partial charge in [0.25, 0.3) is 5.56 Å². The van der Waals surface area contributed by atoms with Gasteiger partial charge in [0.15, 0.2) is 0 Å². The Bertz CT molecular complexity index is 856. The van der Waals surface area contributed by atoms with E-state index in [0.29, 0.717) is 23.2 Å². The van der Waals surface area contributed by atoms with Crippen LogP contribution in [0.4, 0.5) is 5.69 Å². The van der Waals surface area contributed by atoms with E-state index in [0.717, 1.165) is 16.6 Å². The third-order valence-electron chi connectivity index (χ3n) is 3.44. The number of nitrogens with one attached hydrogen (secondary N) is 1. The fourth-order valence-corrected chi connectivity index (χ4v) is 2.39. The summed E-state index contributed by atoms with van der Waals surface area (Å²) in [5, 5.41) is 8.20. The number of nitrogens with zero attached hydrogens (tertiary/aromatic N) is 1. The Labute approximate surface area is 121 Å². The second-order valence-electron chi connectivity index (χ2n) is 4.80. The molecule has 0 radical (unpaired) electrons. The van der Waals surface area contributed by atoms with Crippen LogP contribution in [-0.4, -0.2) is 17.3 Å². The summed E-state index contributed by atoms with van der Waals surface area (Å²) in [6, 6.07) is 13.1. The minimum Gasteiger partial charge on any atom is -0.495 e. The molecular formula is C16H15N3O2. The standard InChI is InChI=1S/C16H15N3O2/c1-21-15-7-6-10(8-13(15)17)9-14-11-4-2-3-5-12(11)16(20)19-18-14/h2-8H,9,17H2,1H3,(H,19,20). The second kappa shape index (κ2) is 5.28. The molecule has 0 amide bonds. The van der Waals surface area contributed by atoms with Gasteiger partial charge in [-0.05, 0) is 23.8 Å². The molecule has 5 nitrogen and oxygen atoms in total. The van der Waals surface area contributed by atoms with Crippen molar-refractivity contribution >= 4 is 16.5 Å². The number of hydrogen-bond donors (Lipinski definition) is 2. The third-order valence-corrected chi connectivity index (χ3v) is 3.44. The Morgan fingerprint density at radius 2 is 1.95 bits per heavy atom. The number of nitrogen functional groups attached to an aromatic ring is 1. The summed E-state index contributed by atoms with van der Waals surface area (Å²) in [4.78, 5) is 11.8. The van der Waals surface area contributed by atoms with E-state index < -0.39 is 0 Å². The van der Waals surface area contributed by atoms with Crippen LogP contribution < -0.4 is 16.0 Å². The summed E-state index contributed by atoms with van der Waals surface area (Å²) in [6.07, 6.45) is 0.589. The molecule has 106 valence electrons. The lowest BCUT2D eigenvalue weighted by Crippen LogP contribution is -2.11. The highest BCUT2D eigenvalue weighted by Gasteiger charge is 2.08. The van der Waals surface area contributed by atoms with Crippen molar-refractivity contribution in [1.29, 1.82) is 0 Å². The molecule has 3 aromatic rings. The molecule has 21 heavy (non-hydrogen) atoms. The highest BCUT2D eigenvalue weighted by atomic mass is 16.5. The summed E-state index contributed by atoms with van der Waals surface area (Å²) < 4.78 is 5.15. The number of rotatable bonds is 3. The quantitative estimate of drug-likeness (QED) is 0.720. The van der Waals surface area contributed by atoms with Crippen LogP contribution in [0.3, 0.4) is 0 Å². The van der Waals surface area contributed by atoms with Gasteiger partial charge in [0.1, 0.15) is 5.75 Å². The van der Waals surface area contributed by atoms with Crippen molar-refractivity contribution in [3.8, 4) is 5.75 Å². The van der Waals surface area contributed by atoms with Crippen molar-refractivity contribution in [3.63, 3.8) is 0 Å². The lowest BCUT2D eigenvalue weighted by atomic mass is 10.0. The van der Waals surface area contributed by atoms with Crippen molar-refractivity contribution in [3.05, 3.63) is 64.1 Å². The maximum Gasteiger partial charge on any atom is 0.272 e. The lowest BCUT2D eigenvalue weighted by Gasteiger charge is -2.08. The summed E-state index contributed by atoms with van der Waals surface area (Å²) in [7, 11) is 1.59. The van der Waals surface area contributed by atoms with Crippen LogP contribution in [0.25, 0.3) is 10.8 Å². The summed E-state index contributed by atoms with van der Waals surface area (Å²) in [5.41, 5.74) is 8.16. The molecule has 1 aromatic heterocycles. The highest BCUT2D eigenvalue weighted by Crippen LogP contribution is 2.24. The average Bonchev–Trinajstić information content (AvgIpc) is 2.51. The summed E-state index contributed by atoms with van der Waals surface area (Å²) >= 11 is 0. The minimum absolute atomic E-state index is 0.177. The normalized spacial score (nSPS) is 10.7. The summed E-state index contributed by atoms with van der Waals surface area (Å²) in [6.45, 7) is 0. The topological polar surface area (TPSA) is 81.0 Å². The fourth-order valence-electron chi connectivity index (χ4n) is 2.39. The Morgan fingerprint density at radius 1 is 1.19 bits per heavy atom. The van der Waals surface area contributed by atoms with E-state index in [9.17, 15) is 4.79 Å². The number of ether oxygens (including phenoxy) is 1. The van der Waals surface area contributed by atoms with Crippen LogP contribution in [0.5, 0.6) is 5.75 Å². The first kappa shape index (κ1) is 13.2. The molecule has 0 atom stereocenters. The van der Waals surface area contributed by atoms with Crippen molar-refractivity contribution < 1.29 is 4.74 Å². The van der Waals surface area contributed by atoms with Crippen molar-refractivity contribution in [2.24, 2.45) is 0 Å². The molecule has 0 spiro atoms. The Hall–Kier alpha value is -2.82. The minimum atomic E-state index is -0.177. The van der Waals surface area contributed by atoms with Crippen LogP contribution in [0.2, 0.25) is 0 Å². The molecule has 0 unspecified atom stereocenters. The largest absolute Gasteiger partial charge is 0.495 e. The summed E-state index contributed by atoms with van der Waals surface area (Å²) in [5.74, 6) is 0.651. The predicted molar refractivity (Wildman–Crippen MR) is 82.6 cm³/mol. The zero-order valence-corrected chi connectivity index (χ0v) is 11.6. The number of aromatic amines is 1. The Balaban J connectivity index is 2.04. The number of benzene rings is 2. The first-order valence-electron chi connectivity index (χ1n) is 6.57. The van der Waals surface area contributed by atoms with Gasteiger partial charge in [0.05, 0.1) is 23.9 Å². The van der Waals surface area contributed by atoms with E-state index in [1.807, 2.05) is 36.4 Å². The number of methoxy groups -OCH3 is 1. The fraction of sp³-hybridized carbons (Fsp3) is 0.125. The number of fused-ring (bicyclic) bond motifs is 1. The number of anilines is 1. The Morgan fingerprint density at radius 3 is 2.67 bits per heavy atom. The number of aromatic nitrogens is 2. The van der Waals surface area contributed by atoms with E-state index in [1.54, 1.807) is 13.2 Å². The molecule has 0 saturated carbocycles. The van der Waals surface area contributed by atoms with E-state index in [-0.39, 0.29) is 5.56 Å². The molecule has 0 saturated heterocycles. The zero-order valence-electron chi connectivity index (χ0n) is 11.6. The second-order valence-corrected chi connectivity index (χ2v) is 4.80. The van der Waals surface area contributed by atoms with Crippen molar-refractivity contribution in [2.75, 3.05) is 12.8 Å². The van der Waals surface area contributed by atoms with Gasteiger partial charge in [-0.1, -0.05) is 24.3 Å². The van der Waals surface area contributed by atoms with Gasteiger partial charge in [-0.2, -0.15) is 5.10 Å². The van der Waals surface area contributed by atoms with Crippen LogP contribution >= 0.6 is 0 Å². The van der Waals surface area contributed by atoms with Crippen LogP contribution in [0.1, 0.15) is 11.3 Å².